The zero-order valence-corrected chi connectivity index (χ0v) is 7.40. The Morgan fingerprint density at radius 3 is 3.00 bits per heavy atom. The molecule has 1 N–H and O–H groups in total. The molecule has 1 aromatic rings. The molecule has 0 saturated heterocycles. The van der Waals surface area contributed by atoms with Crippen LogP contribution in [0.25, 0.3) is 0 Å². The molecule has 1 unspecified atom stereocenters. The van der Waals surface area contributed by atoms with Gasteiger partial charge < -0.3 is 9.84 Å². The summed E-state index contributed by atoms with van der Waals surface area (Å²) in [4.78, 5) is 0. The molecular formula is C8H14N2O2. The fourth-order valence-electron chi connectivity index (χ4n) is 1.06. The number of ether oxygens (including phenoxy) is 1. The zero-order valence-electron chi connectivity index (χ0n) is 7.40. The van der Waals surface area contributed by atoms with Crippen molar-refractivity contribution >= 4 is 0 Å². The van der Waals surface area contributed by atoms with Crippen LogP contribution >= 0.6 is 0 Å². The van der Waals surface area contributed by atoms with Gasteiger partial charge in [0, 0.05) is 26.8 Å². The Bertz CT molecular complexity index is 235. The first kappa shape index (κ1) is 9.22. The first-order valence-electron chi connectivity index (χ1n) is 3.88. The van der Waals surface area contributed by atoms with Crippen LogP contribution in [0, 0.1) is 0 Å². The van der Waals surface area contributed by atoms with Crippen molar-refractivity contribution in [1.29, 1.82) is 0 Å². The van der Waals surface area contributed by atoms with Gasteiger partial charge in [0.15, 0.2) is 0 Å². The molecule has 1 aromatic heterocycles. The average molecular weight is 170 g/mol. The highest BCUT2D eigenvalue weighted by Gasteiger charge is 2.06. The summed E-state index contributed by atoms with van der Waals surface area (Å²) in [6.07, 6.45) is 1.95. The molecule has 0 aromatic carbocycles. The maximum Gasteiger partial charge on any atom is 0.0829 e. The second-order valence-electron chi connectivity index (χ2n) is 2.79. The van der Waals surface area contributed by atoms with Gasteiger partial charge in [-0.1, -0.05) is 0 Å². The van der Waals surface area contributed by atoms with E-state index in [9.17, 15) is 5.11 Å². The molecule has 1 atom stereocenters. The van der Waals surface area contributed by atoms with E-state index in [0.29, 0.717) is 13.0 Å². The Balaban J connectivity index is 2.41. The van der Waals surface area contributed by atoms with E-state index in [1.165, 1.54) is 0 Å². The summed E-state index contributed by atoms with van der Waals surface area (Å²) in [5, 5.41) is 13.5. The minimum Gasteiger partial charge on any atom is -0.390 e. The number of aromatic nitrogens is 2. The molecule has 0 bridgehead atoms. The van der Waals surface area contributed by atoms with Gasteiger partial charge >= 0.3 is 0 Å². The topological polar surface area (TPSA) is 47.3 Å². The molecule has 0 aliphatic carbocycles. The van der Waals surface area contributed by atoms with Gasteiger partial charge in [0.05, 0.1) is 18.4 Å². The summed E-state index contributed by atoms with van der Waals surface area (Å²) in [6, 6.07) is 1.89. The number of aryl methyl sites for hydroxylation is 1. The van der Waals surface area contributed by atoms with Crippen LogP contribution in [0.3, 0.4) is 0 Å². The van der Waals surface area contributed by atoms with Crippen LogP contribution in [0.5, 0.6) is 0 Å². The van der Waals surface area contributed by atoms with E-state index < -0.39 is 6.10 Å². The molecule has 1 heterocycles. The number of hydrogen-bond acceptors (Lipinski definition) is 3. The van der Waals surface area contributed by atoms with Crippen LogP contribution in [-0.2, 0) is 18.2 Å². The van der Waals surface area contributed by atoms with Gasteiger partial charge in [-0.2, -0.15) is 5.10 Å². The maximum absolute atomic E-state index is 9.34. The molecule has 0 aliphatic heterocycles. The third-order valence-electron chi connectivity index (χ3n) is 1.57. The fourth-order valence-corrected chi connectivity index (χ4v) is 1.06. The van der Waals surface area contributed by atoms with Crippen molar-refractivity contribution in [2.45, 2.75) is 12.5 Å². The first-order valence-corrected chi connectivity index (χ1v) is 3.88. The SMILES string of the molecule is COCC(O)Cc1ccn(C)n1. The number of rotatable bonds is 4. The monoisotopic (exact) mass is 170 g/mol. The number of methoxy groups -OCH3 is 1. The third kappa shape index (κ3) is 2.64. The van der Waals surface area contributed by atoms with Crippen molar-refractivity contribution < 1.29 is 9.84 Å². The van der Waals surface area contributed by atoms with Gasteiger partial charge in [-0.25, -0.2) is 0 Å². The molecule has 0 amide bonds. The summed E-state index contributed by atoms with van der Waals surface area (Å²) in [5.41, 5.74) is 0.891. The summed E-state index contributed by atoms with van der Waals surface area (Å²) in [5.74, 6) is 0. The molecule has 0 saturated carbocycles. The molecule has 68 valence electrons. The van der Waals surface area contributed by atoms with Crippen molar-refractivity contribution in [3.05, 3.63) is 18.0 Å². The molecule has 4 heteroatoms. The molecular weight excluding hydrogens is 156 g/mol. The summed E-state index contributed by atoms with van der Waals surface area (Å²) in [6.45, 7) is 0.358. The number of hydrogen-bond donors (Lipinski definition) is 1. The quantitative estimate of drug-likeness (QED) is 0.690. The van der Waals surface area contributed by atoms with Gasteiger partial charge in [-0.3, -0.25) is 4.68 Å². The van der Waals surface area contributed by atoms with Crippen LogP contribution in [-0.4, -0.2) is 34.7 Å². The molecule has 0 spiro atoms. The van der Waals surface area contributed by atoms with Gasteiger partial charge in [-0.15, -0.1) is 0 Å². The lowest BCUT2D eigenvalue weighted by Crippen LogP contribution is -2.17. The van der Waals surface area contributed by atoms with Crippen LogP contribution in [0.15, 0.2) is 12.3 Å². The van der Waals surface area contributed by atoms with Crippen LogP contribution < -0.4 is 0 Å². The lowest BCUT2D eigenvalue weighted by molar-refractivity contribution is 0.0644. The molecule has 0 radical (unpaired) electrons. The highest BCUT2D eigenvalue weighted by atomic mass is 16.5. The Kier molecular flexibility index (Phi) is 3.25. The van der Waals surface area contributed by atoms with Gasteiger partial charge in [-0.05, 0) is 6.07 Å². The van der Waals surface area contributed by atoms with Crippen molar-refractivity contribution in [2.75, 3.05) is 13.7 Å². The van der Waals surface area contributed by atoms with Gasteiger partial charge in [0.25, 0.3) is 0 Å². The second-order valence-corrected chi connectivity index (χ2v) is 2.79. The molecule has 0 fully saturated rings. The summed E-state index contributed by atoms with van der Waals surface area (Å²) >= 11 is 0. The highest BCUT2D eigenvalue weighted by molar-refractivity contribution is 5.00. The molecule has 1 rings (SSSR count). The normalized spacial score (nSPS) is 13.2. The predicted octanol–water partition coefficient (Wildman–Crippen LogP) is -0.0301. The minimum atomic E-state index is -0.454. The highest BCUT2D eigenvalue weighted by Crippen LogP contribution is 1.99. The smallest absolute Gasteiger partial charge is 0.0829 e. The maximum atomic E-state index is 9.34. The third-order valence-corrected chi connectivity index (χ3v) is 1.57. The second kappa shape index (κ2) is 4.23. The largest absolute Gasteiger partial charge is 0.390 e. The van der Waals surface area contributed by atoms with Crippen molar-refractivity contribution in [3.63, 3.8) is 0 Å². The first-order chi connectivity index (χ1) is 5.72. The standard InChI is InChI=1S/C8H14N2O2/c1-10-4-3-7(9-10)5-8(11)6-12-2/h3-4,8,11H,5-6H2,1-2H3. The van der Waals surface area contributed by atoms with E-state index >= 15 is 0 Å². The predicted molar refractivity (Wildman–Crippen MR) is 44.8 cm³/mol. The van der Waals surface area contributed by atoms with E-state index in [1.807, 2.05) is 19.3 Å². The van der Waals surface area contributed by atoms with E-state index in [4.69, 9.17) is 4.74 Å². The van der Waals surface area contributed by atoms with Crippen LogP contribution in [0.1, 0.15) is 5.69 Å². The van der Waals surface area contributed by atoms with Crippen LogP contribution in [0.4, 0.5) is 0 Å². The number of aliphatic hydroxyl groups is 1. The average Bonchev–Trinajstić information content (AvgIpc) is 2.36. The lowest BCUT2D eigenvalue weighted by atomic mass is 10.2. The number of nitrogens with zero attached hydrogens (tertiary/aromatic N) is 2. The molecule has 12 heavy (non-hydrogen) atoms. The number of aliphatic hydroxyl groups excluding tert-OH is 1. The summed E-state index contributed by atoms with van der Waals surface area (Å²) in [7, 11) is 3.42. The van der Waals surface area contributed by atoms with E-state index in [0.717, 1.165) is 5.69 Å². The van der Waals surface area contributed by atoms with Crippen molar-refractivity contribution in [2.24, 2.45) is 7.05 Å². The lowest BCUT2D eigenvalue weighted by Gasteiger charge is -2.05. The Morgan fingerprint density at radius 2 is 2.50 bits per heavy atom. The van der Waals surface area contributed by atoms with Crippen LogP contribution in [0.2, 0.25) is 0 Å². The molecule has 4 nitrogen and oxygen atoms in total. The van der Waals surface area contributed by atoms with Crippen molar-refractivity contribution in [1.82, 2.24) is 9.78 Å². The van der Waals surface area contributed by atoms with Gasteiger partial charge in [0.1, 0.15) is 0 Å². The summed E-state index contributed by atoms with van der Waals surface area (Å²) < 4.78 is 6.52. The Hall–Kier alpha value is -0.870. The fraction of sp³-hybridized carbons (Fsp3) is 0.625. The Morgan fingerprint density at radius 1 is 1.75 bits per heavy atom. The molecule has 0 aliphatic rings. The van der Waals surface area contributed by atoms with Gasteiger partial charge in [0.2, 0.25) is 0 Å². The zero-order chi connectivity index (χ0) is 8.97. The van der Waals surface area contributed by atoms with E-state index in [-0.39, 0.29) is 0 Å². The van der Waals surface area contributed by atoms with E-state index in [2.05, 4.69) is 5.10 Å². The Labute approximate surface area is 71.8 Å². The van der Waals surface area contributed by atoms with Crippen molar-refractivity contribution in [3.8, 4) is 0 Å². The van der Waals surface area contributed by atoms with E-state index in [1.54, 1.807) is 11.8 Å². The minimum absolute atomic E-state index is 0.358.